The number of rotatable bonds is 3. The minimum absolute atomic E-state index is 0.0316. The second-order valence-electron chi connectivity index (χ2n) is 7.03. The zero-order chi connectivity index (χ0) is 13.2. The van der Waals surface area contributed by atoms with Gasteiger partial charge in [0.05, 0.1) is 10.8 Å². The number of carboxylic acids is 2. The lowest BCUT2D eigenvalue weighted by Gasteiger charge is -2.63. The first-order valence-electron chi connectivity index (χ1n) is 6.82. The Morgan fingerprint density at radius 1 is 1.00 bits per heavy atom. The number of hydrogen-bond donors (Lipinski definition) is 2. The zero-order valence-corrected chi connectivity index (χ0v) is 10.7. The third kappa shape index (κ3) is 1.32. The van der Waals surface area contributed by atoms with E-state index in [1.807, 2.05) is 0 Å². The molecule has 4 saturated carbocycles. The average Bonchev–Trinajstić information content (AvgIpc) is 2.27. The van der Waals surface area contributed by atoms with Crippen LogP contribution in [0.4, 0.5) is 0 Å². The van der Waals surface area contributed by atoms with Gasteiger partial charge in [0.15, 0.2) is 0 Å². The molecule has 4 aliphatic rings. The van der Waals surface area contributed by atoms with Crippen LogP contribution in [0.5, 0.6) is 0 Å². The van der Waals surface area contributed by atoms with Crippen molar-refractivity contribution >= 4 is 11.9 Å². The Labute approximate surface area is 106 Å². The number of carbonyl (C=O) groups is 2. The van der Waals surface area contributed by atoms with Gasteiger partial charge in [-0.1, -0.05) is 13.3 Å². The maximum atomic E-state index is 11.7. The van der Waals surface area contributed by atoms with E-state index in [-0.39, 0.29) is 5.41 Å². The fourth-order valence-corrected chi connectivity index (χ4v) is 5.51. The Hall–Kier alpha value is -1.06. The Morgan fingerprint density at radius 2 is 1.50 bits per heavy atom. The summed E-state index contributed by atoms with van der Waals surface area (Å²) in [6, 6.07) is 0. The van der Waals surface area contributed by atoms with Crippen LogP contribution >= 0.6 is 0 Å². The first kappa shape index (κ1) is 12.0. The van der Waals surface area contributed by atoms with Gasteiger partial charge >= 0.3 is 11.9 Å². The van der Waals surface area contributed by atoms with Crippen molar-refractivity contribution in [2.24, 2.45) is 22.2 Å². The van der Waals surface area contributed by atoms with Crippen molar-refractivity contribution in [1.29, 1.82) is 0 Å². The van der Waals surface area contributed by atoms with Gasteiger partial charge in [0.2, 0.25) is 0 Å². The summed E-state index contributed by atoms with van der Waals surface area (Å²) < 4.78 is 0. The van der Waals surface area contributed by atoms with Crippen molar-refractivity contribution in [3.8, 4) is 0 Å². The van der Waals surface area contributed by atoms with Crippen LogP contribution in [0.15, 0.2) is 0 Å². The molecule has 0 amide bonds. The molecule has 4 atom stereocenters. The van der Waals surface area contributed by atoms with Gasteiger partial charge in [-0.3, -0.25) is 9.59 Å². The SMILES string of the molecule is CCC12CC3C[C@](C(=O)O)(C1)C[C@@](C(=O)O)(C3)C2. The summed E-state index contributed by atoms with van der Waals surface area (Å²) in [4.78, 5) is 23.4. The third-order valence-corrected chi connectivity index (χ3v) is 5.84. The highest BCUT2D eigenvalue weighted by Crippen LogP contribution is 2.70. The minimum Gasteiger partial charge on any atom is -0.481 e. The van der Waals surface area contributed by atoms with Crippen LogP contribution in [0.1, 0.15) is 51.9 Å². The number of aliphatic carboxylic acids is 2. The topological polar surface area (TPSA) is 74.6 Å². The normalized spacial score (nSPS) is 49.3. The summed E-state index contributed by atoms with van der Waals surface area (Å²) in [5.41, 5.74) is -1.54. The van der Waals surface area contributed by atoms with Gasteiger partial charge in [-0.2, -0.15) is 0 Å². The van der Waals surface area contributed by atoms with Gasteiger partial charge in [0.1, 0.15) is 0 Å². The van der Waals surface area contributed by atoms with Crippen molar-refractivity contribution in [2.75, 3.05) is 0 Å². The highest BCUT2D eigenvalue weighted by Gasteiger charge is 2.67. The Morgan fingerprint density at radius 3 is 1.89 bits per heavy atom. The van der Waals surface area contributed by atoms with Gasteiger partial charge in [-0.25, -0.2) is 0 Å². The second kappa shape index (κ2) is 3.28. The van der Waals surface area contributed by atoms with Crippen LogP contribution in [-0.4, -0.2) is 22.2 Å². The maximum absolute atomic E-state index is 11.7. The van der Waals surface area contributed by atoms with Crippen molar-refractivity contribution in [2.45, 2.75) is 51.9 Å². The first-order chi connectivity index (χ1) is 8.35. The molecule has 4 nitrogen and oxygen atoms in total. The first-order valence-corrected chi connectivity index (χ1v) is 6.82. The number of carboxylic acid groups (broad SMARTS) is 2. The van der Waals surface area contributed by atoms with E-state index < -0.39 is 22.8 Å². The lowest BCUT2D eigenvalue weighted by atomic mass is 9.39. The molecule has 2 unspecified atom stereocenters. The van der Waals surface area contributed by atoms with E-state index >= 15 is 0 Å². The van der Waals surface area contributed by atoms with E-state index in [4.69, 9.17) is 0 Å². The van der Waals surface area contributed by atoms with E-state index in [1.54, 1.807) is 0 Å². The molecule has 4 bridgehead atoms. The predicted molar refractivity (Wildman–Crippen MR) is 64.1 cm³/mol. The van der Waals surface area contributed by atoms with Crippen LogP contribution in [-0.2, 0) is 9.59 Å². The fourth-order valence-electron chi connectivity index (χ4n) is 5.51. The molecule has 0 radical (unpaired) electrons. The molecule has 0 heterocycles. The predicted octanol–water partition coefficient (Wildman–Crippen LogP) is 2.52. The highest BCUT2D eigenvalue weighted by molar-refractivity contribution is 5.81. The van der Waals surface area contributed by atoms with E-state index in [0.717, 1.165) is 12.8 Å². The summed E-state index contributed by atoms with van der Waals surface area (Å²) in [6.45, 7) is 2.08. The molecule has 4 aliphatic carbocycles. The summed E-state index contributed by atoms with van der Waals surface area (Å²) in [7, 11) is 0. The van der Waals surface area contributed by atoms with Crippen molar-refractivity contribution < 1.29 is 19.8 Å². The molecule has 4 rings (SSSR count). The molecular formula is C14H20O4. The van der Waals surface area contributed by atoms with Crippen LogP contribution in [0.3, 0.4) is 0 Å². The monoisotopic (exact) mass is 252 g/mol. The maximum Gasteiger partial charge on any atom is 0.309 e. The van der Waals surface area contributed by atoms with E-state index in [1.165, 1.54) is 0 Å². The van der Waals surface area contributed by atoms with Crippen LogP contribution in [0.25, 0.3) is 0 Å². The van der Waals surface area contributed by atoms with Crippen LogP contribution in [0.2, 0.25) is 0 Å². The van der Waals surface area contributed by atoms with Crippen molar-refractivity contribution in [3.63, 3.8) is 0 Å². The lowest BCUT2D eigenvalue weighted by molar-refractivity contribution is -0.202. The standard InChI is InChI=1S/C14H20O4/c1-2-12-3-9-4-13(6-12,10(15)16)8-14(5-9,7-12)11(17)18/h9H,2-8H2,1H3,(H,15,16)(H,17,18)/t9?,12?,13-,14+. The second-order valence-corrected chi connectivity index (χ2v) is 7.03. The summed E-state index contributed by atoms with van der Waals surface area (Å²) >= 11 is 0. The molecule has 4 heteroatoms. The largest absolute Gasteiger partial charge is 0.481 e. The fraction of sp³-hybridized carbons (Fsp3) is 0.857. The van der Waals surface area contributed by atoms with Gasteiger partial charge in [0.25, 0.3) is 0 Å². The minimum atomic E-state index is -0.768. The average molecular weight is 252 g/mol. The van der Waals surface area contributed by atoms with E-state index in [9.17, 15) is 19.8 Å². The van der Waals surface area contributed by atoms with E-state index in [2.05, 4.69) is 6.92 Å². The zero-order valence-electron chi connectivity index (χ0n) is 10.7. The Bertz CT molecular complexity index is 398. The molecule has 18 heavy (non-hydrogen) atoms. The molecule has 0 aromatic carbocycles. The van der Waals surface area contributed by atoms with Gasteiger partial charge in [-0.15, -0.1) is 0 Å². The van der Waals surface area contributed by atoms with Gasteiger partial charge < -0.3 is 10.2 Å². The third-order valence-electron chi connectivity index (χ3n) is 5.84. The molecular weight excluding hydrogens is 232 g/mol. The van der Waals surface area contributed by atoms with Gasteiger partial charge in [0, 0.05) is 0 Å². The van der Waals surface area contributed by atoms with Crippen molar-refractivity contribution in [1.82, 2.24) is 0 Å². The summed E-state index contributed by atoms with van der Waals surface area (Å²) in [5, 5.41) is 19.2. The summed E-state index contributed by atoms with van der Waals surface area (Å²) in [6.07, 6.45) is 5.07. The molecule has 0 aromatic heterocycles. The number of hydrogen-bond acceptors (Lipinski definition) is 2. The van der Waals surface area contributed by atoms with E-state index in [0.29, 0.717) is 38.0 Å². The van der Waals surface area contributed by atoms with Crippen molar-refractivity contribution in [3.05, 3.63) is 0 Å². The molecule has 4 fully saturated rings. The highest BCUT2D eigenvalue weighted by atomic mass is 16.4. The molecule has 0 aliphatic heterocycles. The Balaban J connectivity index is 2.09. The summed E-state index contributed by atoms with van der Waals surface area (Å²) in [5.74, 6) is -1.24. The molecule has 100 valence electrons. The smallest absolute Gasteiger partial charge is 0.309 e. The molecule has 0 saturated heterocycles. The molecule has 0 aromatic rings. The Kier molecular flexibility index (Phi) is 2.19. The quantitative estimate of drug-likeness (QED) is 0.809. The molecule has 2 N–H and O–H groups in total. The lowest BCUT2D eigenvalue weighted by Crippen LogP contribution is -2.61. The van der Waals surface area contributed by atoms with Crippen LogP contribution < -0.4 is 0 Å². The van der Waals surface area contributed by atoms with Gasteiger partial charge in [-0.05, 0) is 49.9 Å². The van der Waals surface area contributed by atoms with Crippen LogP contribution in [0, 0.1) is 22.2 Å². The molecule has 0 spiro atoms.